The highest BCUT2D eigenvalue weighted by Crippen LogP contribution is 2.38. The summed E-state index contributed by atoms with van der Waals surface area (Å²) in [6.07, 6.45) is -2.79. The van der Waals surface area contributed by atoms with Crippen molar-refractivity contribution in [1.29, 1.82) is 0 Å². The molecule has 4 aromatic rings. The van der Waals surface area contributed by atoms with Gasteiger partial charge < -0.3 is 28.7 Å². The summed E-state index contributed by atoms with van der Waals surface area (Å²) in [6, 6.07) is 12.4. The molecule has 10 nitrogen and oxygen atoms in total. The number of hydrogen-bond acceptors (Lipinski definition) is 9. The maximum Gasteiger partial charge on any atom is 0.573 e. The van der Waals surface area contributed by atoms with E-state index in [-0.39, 0.29) is 17.2 Å². The fourth-order valence-electron chi connectivity index (χ4n) is 4.89. The van der Waals surface area contributed by atoms with Crippen LogP contribution in [0.5, 0.6) is 28.7 Å². The Kier molecular flexibility index (Phi) is 10.0. The molecule has 0 radical (unpaired) electrons. The normalized spacial score (nSPS) is 14.7. The average molecular weight is 665 g/mol. The van der Waals surface area contributed by atoms with E-state index in [0.717, 1.165) is 57.3 Å². The molecule has 1 aromatic heterocycles. The second kappa shape index (κ2) is 14.0. The smallest absolute Gasteiger partial charge is 0.493 e. The van der Waals surface area contributed by atoms with E-state index in [1.807, 2.05) is 0 Å². The van der Waals surface area contributed by atoms with Crippen molar-refractivity contribution < 1.29 is 44.9 Å². The number of nitrogens with one attached hydrogen (secondary N) is 1. The van der Waals surface area contributed by atoms with Crippen LogP contribution >= 0.6 is 0 Å². The van der Waals surface area contributed by atoms with Crippen LogP contribution in [-0.2, 0) is 10.0 Å². The minimum absolute atomic E-state index is 0.237. The second-order valence-corrected chi connectivity index (χ2v) is 12.2. The predicted octanol–water partition coefficient (Wildman–Crippen LogP) is 5.89. The molecule has 3 aromatic carbocycles. The quantitative estimate of drug-likeness (QED) is 0.147. The number of benzene rings is 3. The Bertz CT molecular complexity index is 1780. The van der Waals surface area contributed by atoms with E-state index in [2.05, 4.69) is 31.3 Å². The largest absolute Gasteiger partial charge is 0.573 e. The first-order valence-corrected chi connectivity index (χ1v) is 15.8. The van der Waals surface area contributed by atoms with Crippen LogP contribution in [0.25, 0.3) is 10.9 Å². The number of fused-ring (bicyclic) bond motifs is 1. The van der Waals surface area contributed by atoms with Gasteiger partial charge in [-0.05, 0) is 49.9 Å². The Morgan fingerprint density at radius 3 is 2.39 bits per heavy atom. The molecular formula is C31H32F4N4O6S. The lowest BCUT2D eigenvalue weighted by Crippen LogP contribution is -2.44. The lowest BCUT2D eigenvalue weighted by atomic mass is 10.1. The number of methoxy groups -OCH3 is 1. The van der Waals surface area contributed by atoms with Gasteiger partial charge in [-0.3, -0.25) is 9.71 Å². The van der Waals surface area contributed by atoms with Crippen LogP contribution in [0.2, 0.25) is 0 Å². The Morgan fingerprint density at radius 1 is 0.913 bits per heavy atom. The summed E-state index contributed by atoms with van der Waals surface area (Å²) in [5.41, 5.74) is 0.263. The number of halogens is 4. The minimum atomic E-state index is -5.11. The number of ether oxygens (including phenoxy) is 4. The van der Waals surface area contributed by atoms with Crippen LogP contribution in [0, 0.1) is 5.82 Å². The summed E-state index contributed by atoms with van der Waals surface area (Å²) in [5.74, 6) is -0.915. The molecular weight excluding hydrogens is 632 g/mol. The molecule has 0 bridgehead atoms. The van der Waals surface area contributed by atoms with Gasteiger partial charge >= 0.3 is 6.36 Å². The molecule has 0 saturated carbocycles. The van der Waals surface area contributed by atoms with E-state index in [4.69, 9.17) is 14.2 Å². The molecule has 1 aliphatic heterocycles. The van der Waals surface area contributed by atoms with E-state index in [1.165, 1.54) is 43.6 Å². The van der Waals surface area contributed by atoms with Gasteiger partial charge in [0.25, 0.3) is 10.0 Å². The number of aromatic nitrogens is 1. The number of alkyl halides is 3. The third kappa shape index (κ3) is 8.27. The molecule has 0 aliphatic carbocycles. The number of anilines is 1. The lowest BCUT2D eigenvalue weighted by Gasteiger charge is -2.32. The molecule has 0 unspecified atom stereocenters. The molecule has 5 rings (SSSR count). The van der Waals surface area contributed by atoms with Crippen LogP contribution in [0.4, 0.5) is 23.2 Å². The fraction of sp³-hybridized carbons (Fsp3) is 0.323. The summed E-state index contributed by atoms with van der Waals surface area (Å²) in [6.45, 7) is 5.54. The van der Waals surface area contributed by atoms with Crippen LogP contribution in [0.1, 0.15) is 6.42 Å². The van der Waals surface area contributed by atoms with Crippen LogP contribution < -0.4 is 23.7 Å². The SMILES string of the molecule is COc1cc2c(Oc3ccc(NS(=O)(=O)c4ccccc4OC(F)(F)F)cc3F)ccnc2cc1OCCCN1CCN(C)CC1. The first-order chi connectivity index (χ1) is 21.9. The van der Waals surface area contributed by atoms with Crippen LogP contribution in [0.3, 0.4) is 0 Å². The number of pyridine rings is 1. The Labute approximate surface area is 263 Å². The molecule has 2 heterocycles. The van der Waals surface area contributed by atoms with Gasteiger partial charge in [-0.2, -0.15) is 0 Å². The molecule has 0 atom stereocenters. The van der Waals surface area contributed by atoms with Gasteiger partial charge in [-0.1, -0.05) is 12.1 Å². The van der Waals surface area contributed by atoms with Crippen molar-refractivity contribution in [3.05, 3.63) is 72.7 Å². The maximum atomic E-state index is 15.2. The van der Waals surface area contributed by atoms with Gasteiger partial charge in [0.2, 0.25) is 0 Å². The van der Waals surface area contributed by atoms with E-state index in [9.17, 15) is 21.6 Å². The Morgan fingerprint density at radius 2 is 1.67 bits per heavy atom. The first kappa shape index (κ1) is 33.0. The molecule has 0 spiro atoms. The minimum Gasteiger partial charge on any atom is -0.493 e. The van der Waals surface area contributed by atoms with Gasteiger partial charge in [0.1, 0.15) is 16.4 Å². The van der Waals surface area contributed by atoms with Gasteiger partial charge in [0, 0.05) is 56.4 Å². The van der Waals surface area contributed by atoms with Crippen LogP contribution in [-0.4, -0.2) is 83.1 Å². The van der Waals surface area contributed by atoms with Gasteiger partial charge in [0.15, 0.2) is 23.1 Å². The maximum absolute atomic E-state index is 15.2. The van der Waals surface area contributed by atoms with Crippen molar-refractivity contribution in [3.8, 4) is 28.7 Å². The lowest BCUT2D eigenvalue weighted by molar-refractivity contribution is -0.275. The second-order valence-electron chi connectivity index (χ2n) is 10.5. The van der Waals surface area contributed by atoms with Crippen molar-refractivity contribution in [2.45, 2.75) is 17.7 Å². The highest BCUT2D eigenvalue weighted by molar-refractivity contribution is 7.92. The monoisotopic (exact) mass is 664 g/mol. The molecule has 15 heteroatoms. The zero-order valence-electron chi connectivity index (χ0n) is 25.0. The van der Waals surface area contributed by atoms with Crippen molar-refractivity contribution in [2.24, 2.45) is 0 Å². The van der Waals surface area contributed by atoms with Gasteiger partial charge in [0.05, 0.1) is 24.9 Å². The third-order valence-corrected chi connectivity index (χ3v) is 8.65. The number of para-hydroxylation sites is 1. The van der Waals surface area contributed by atoms with Crippen molar-refractivity contribution >= 4 is 26.6 Å². The first-order valence-electron chi connectivity index (χ1n) is 14.3. The third-order valence-electron chi connectivity index (χ3n) is 7.23. The molecule has 0 amide bonds. The summed E-state index contributed by atoms with van der Waals surface area (Å²) < 4.78 is 103. The topological polar surface area (TPSA) is 102 Å². The molecule has 1 saturated heterocycles. The van der Waals surface area contributed by atoms with E-state index >= 15 is 4.39 Å². The summed E-state index contributed by atoms with van der Waals surface area (Å²) in [5, 5.41) is 0.509. The number of rotatable bonds is 12. The highest BCUT2D eigenvalue weighted by atomic mass is 32.2. The molecule has 1 N–H and O–H groups in total. The summed E-state index contributed by atoms with van der Waals surface area (Å²) in [7, 11) is -0.966. The van der Waals surface area contributed by atoms with Crippen molar-refractivity contribution in [2.75, 3.05) is 58.2 Å². The standard InChI is InChI=1S/C31H32F4N4O6S/c1-38-13-15-39(16-14-38)12-5-17-43-29-20-24-22(19-28(29)42-2)25(10-11-36-24)44-26-9-8-21(18-23(26)32)37-46(40,41)30-7-4-3-6-27(30)45-31(33,34)35/h3-4,6-11,18-20,37H,5,12-17H2,1-2H3. The molecule has 1 fully saturated rings. The van der Waals surface area contributed by atoms with Crippen molar-refractivity contribution in [3.63, 3.8) is 0 Å². The van der Waals surface area contributed by atoms with E-state index in [1.54, 1.807) is 12.1 Å². The molecule has 46 heavy (non-hydrogen) atoms. The van der Waals surface area contributed by atoms with Crippen molar-refractivity contribution in [1.82, 2.24) is 14.8 Å². The summed E-state index contributed by atoms with van der Waals surface area (Å²) in [4.78, 5) is 8.31. The zero-order valence-corrected chi connectivity index (χ0v) is 25.8. The number of sulfonamides is 1. The van der Waals surface area contributed by atoms with Crippen LogP contribution in [0.15, 0.2) is 71.8 Å². The number of hydrogen-bond donors (Lipinski definition) is 1. The zero-order chi connectivity index (χ0) is 32.9. The highest BCUT2D eigenvalue weighted by Gasteiger charge is 2.34. The predicted molar refractivity (Wildman–Crippen MR) is 163 cm³/mol. The fourth-order valence-corrected chi connectivity index (χ4v) is 6.07. The average Bonchev–Trinajstić information content (AvgIpc) is 3.00. The van der Waals surface area contributed by atoms with Gasteiger partial charge in [-0.15, -0.1) is 13.2 Å². The number of nitrogens with zero attached hydrogens (tertiary/aromatic N) is 3. The van der Waals surface area contributed by atoms with E-state index in [0.29, 0.717) is 29.0 Å². The molecule has 1 aliphatic rings. The number of likely N-dealkylation sites (N-methyl/N-ethyl adjacent to an activating group) is 1. The number of piperazine rings is 1. The Hall–Kier alpha value is -4.34. The molecule has 246 valence electrons. The van der Waals surface area contributed by atoms with E-state index < -0.39 is 32.8 Å². The van der Waals surface area contributed by atoms with Gasteiger partial charge in [-0.25, -0.2) is 12.8 Å². The summed E-state index contributed by atoms with van der Waals surface area (Å²) >= 11 is 0. The Balaban J connectivity index is 1.28.